The molecule has 0 radical (unpaired) electrons. The van der Waals surface area contributed by atoms with Crippen molar-refractivity contribution in [2.45, 2.75) is 37.9 Å². The maximum absolute atomic E-state index is 14.2. The fourth-order valence-corrected chi connectivity index (χ4v) is 4.13. The first-order chi connectivity index (χ1) is 16.4. The summed E-state index contributed by atoms with van der Waals surface area (Å²) in [4.78, 5) is 36.7. The van der Waals surface area contributed by atoms with Crippen LogP contribution in [-0.4, -0.2) is 40.5 Å². The highest BCUT2D eigenvalue weighted by Gasteiger charge is 2.30. The fraction of sp³-hybridized carbons (Fsp3) is 0.333. The van der Waals surface area contributed by atoms with Crippen LogP contribution in [0.15, 0.2) is 42.5 Å². The number of carbonyl (C=O) groups excluding carboxylic acids is 3. The minimum absolute atomic E-state index is 0.00303. The van der Waals surface area contributed by atoms with E-state index in [1.54, 1.807) is 36.4 Å². The minimum atomic E-state index is -0.766. The molecule has 2 atom stereocenters. The largest absolute Gasteiger partial charge is 0.364 e. The first kappa shape index (κ1) is 23.8. The molecule has 1 aliphatic carbocycles. The van der Waals surface area contributed by atoms with E-state index in [9.17, 15) is 18.8 Å². The van der Waals surface area contributed by atoms with Crippen molar-refractivity contribution in [3.63, 3.8) is 0 Å². The van der Waals surface area contributed by atoms with Crippen molar-refractivity contribution in [2.75, 3.05) is 6.54 Å². The number of halogens is 2. The van der Waals surface area contributed by atoms with Crippen LogP contribution in [0.4, 0.5) is 4.39 Å². The van der Waals surface area contributed by atoms with Crippen LogP contribution in [0.25, 0.3) is 10.9 Å². The molecule has 2 amide bonds. The van der Waals surface area contributed by atoms with Gasteiger partial charge in [0.2, 0.25) is 5.91 Å². The van der Waals surface area contributed by atoms with Gasteiger partial charge in [-0.3, -0.25) is 14.3 Å². The number of fused-ring (bicyclic) bond motifs is 1. The van der Waals surface area contributed by atoms with Gasteiger partial charge in [0.25, 0.3) is 5.91 Å². The molecule has 0 saturated heterocycles. The summed E-state index contributed by atoms with van der Waals surface area (Å²) in [6, 6.07) is 10.3. The van der Waals surface area contributed by atoms with Crippen molar-refractivity contribution in [1.82, 2.24) is 20.4 Å². The third-order valence-corrected chi connectivity index (χ3v) is 6.25. The number of hydrogen-bond acceptors (Lipinski definition) is 5. The number of primary amides is 1. The van der Waals surface area contributed by atoms with Crippen molar-refractivity contribution < 1.29 is 18.8 Å². The normalized spacial score (nSPS) is 15.1. The van der Waals surface area contributed by atoms with Gasteiger partial charge in [-0.15, -0.1) is 0 Å². The van der Waals surface area contributed by atoms with Gasteiger partial charge in [-0.05, 0) is 24.5 Å². The highest BCUT2D eigenvalue weighted by atomic mass is 35.5. The lowest BCUT2D eigenvalue weighted by molar-refractivity contribution is -0.124. The van der Waals surface area contributed by atoms with Gasteiger partial charge < -0.3 is 21.2 Å². The average molecular weight is 486 g/mol. The summed E-state index contributed by atoms with van der Waals surface area (Å²) in [6.07, 6.45) is 3.39. The van der Waals surface area contributed by atoms with E-state index in [4.69, 9.17) is 17.3 Å². The average Bonchev–Trinajstić information content (AvgIpc) is 3.57. The summed E-state index contributed by atoms with van der Waals surface area (Å²) in [5, 5.41) is 10.7. The van der Waals surface area contributed by atoms with E-state index in [-0.39, 0.29) is 29.7 Å². The Bertz CT molecular complexity index is 1230. The molecule has 4 rings (SSSR count). The van der Waals surface area contributed by atoms with Gasteiger partial charge in [0, 0.05) is 24.0 Å². The molecule has 1 aromatic heterocycles. The number of carbonyl (C=O) groups is 3. The molecule has 1 aliphatic rings. The van der Waals surface area contributed by atoms with E-state index in [1.165, 1.54) is 10.7 Å². The standard InChI is InChI=1S/C24H25ClFN5O3/c25-18-6-3-4-15(21(18)26)11-29-24(34)19(10-14-8-9-14)28-12-16(13-32)31-20-7-2-1-5-17(20)22(30-31)23(27)33/h1-7,13-14,16,19,28H,8-12H2,(H2,27,33)(H,29,34)/t16?,19-/m0/s1. The van der Waals surface area contributed by atoms with Crippen LogP contribution in [0.1, 0.15) is 41.4 Å². The number of benzene rings is 2. The Labute approximate surface area is 200 Å². The smallest absolute Gasteiger partial charge is 0.269 e. The van der Waals surface area contributed by atoms with Crippen LogP contribution in [-0.2, 0) is 16.1 Å². The molecule has 178 valence electrons. The fourth-order valence-electron chi connectivity index (χ4n) is 3.94. The molecule has 1 fully saturated rings. The summed E-state index contributed by atoms with van der Waals surface area (Å²) >= 11 is 5.82. The van der Waals surface area contributed by atoms with E-state index in [0.29, 0.717) is 35.1 Å². The highest BCUT2D eigenvalue weighted by Crippen LogP contribution is 2.33. The van der Waals surface area contributed by atoms with Crippen molar-refractivity contribution in [3.05, 3.63) is 64.6 Å². The maximum Gasteiger partial charge on any atom is 0.269 e. The van der Waals surface area contributed by atoms with Gasteiger partial charge in [0.05, 0.1) is 16.6 Å². The van der Waals surface area contributed by atoms with Gasteiger partial charge in [0.1, 0.15) is 18.1 Å². The molecule has 2 aromatic carbocycles. The molecule has 1 saturated carbocycles. The molecule has 34 heavy (non-hydrogen) atoms. The molecule has 0 aliphatic heterocycles. The zero-order valence-electron chi connectivity index (χ0n) is 18.3. The van der Waals surface area contributed by atoms with E-state index < -0.39 is 23.8 Å². The number of aldehydes is 1. The lowest BCUT2D eigenvalue weighted by atomic mass is 10.1. The Morgan fingerprint density at radius 1 is 1.24 bits per heavy atom. The van der Waals surface area contributed by atoms with Crippen LogP contribution in [0, 0.1) is 11.7 Å². The Morgan fingerprint density at radius 2 is 2.00 bits per heavy atom. The number of nitrogens with two attached hydrogens (primary N) is 1. The Hall–Kier alpha value is -3.30. The Balaban J connectivity index is 1.47. The summed E-state index contributed by atoms with van der Waals surface area (Å²) in [6.45, 7) is 0.112. The third kappa shape index (κ3) is 5.26. The van der Waals surface area contributed by atoms with Crippen LogP contribution < -0.4 is 16.4 Å². The van der Waals surface area contributed by atoms with Crippen molar-refractivity contribution >= 4 is 40.6 Å². The van der Waals surface area contributed by atoms with Gasteiger partial charge >= 0.3 is 0 Å². The van der Waals surface area contributed by atoms with Gasteiger partial charge in [-0.25, -0.2) is 4.39 Å². The molecule has 0 bridgehead atoms. The van der Waals surface area contributed by atoms with E-state index in [0.717, 1.165) is 12.8 Å². The number of nitrogens with zero attached hydrogens (tertiary/aromatic N) is 2. The number of para-hydroxylation sites is 1. The second kappa shape index (κ2) is 10.3. The molecule has 0 spiro atoms. The molecule has 10 heteroatoms. The summed E-state index contributed by atoms with van der Waals surface area (Å²) < 4.78 is 15.6. The quantitative estimate of drug-likeness (QED) is 0.361. The van der Waals surface area contributed by atoms with E-state index in [1.807, 2.05) is 0 Å². The van der Waals surface area contributed by atoms with Crippen molar-refractivity contribution in [3.8, 4) is 0 Å². The van der Waals surface area contributed by atoms with Gasteiger partial charge in [0.15, 0.2) is 5.69 Å². The van der Waals surface area contributed by atoms with Gasteiger partial charge in [-0.1, -0.05) is 54.8 Å². The van der Waals surface area contributed by atoms with Crippen molar-refractivity contribution in [1.29, 1.82) is 0 Å². The van der Waals surface area contributed by atoms with E-state index in [2.05, 4.69) is 15.7 Å². The SMILES string of the molecule is NC(=O)c1nn(C(C=O)CN[C@@H](CC2CC2)C(=O)NCc2cccc(Cl)c2F)c2ccccc12. The summed E-state index contributed by atoms with van der Waals surface area (Å²) in [5.41, 5.74) is 6.42. The van der Waals surface area contributed by atoms with Crippen LogP contribution in [0.5, 0.6) is 0 Å². The van der Waals surface area contributed by atoms with Crippen LogP contribution >= 0.6 is 11.6 Å². The highest BCUT2D eigenvalue weighted by molar-refractivity contribution is 6.30. The minimum Gasteiger partial charge on any atom is -0.364 e. The lowest BCUT2D eigenvalue weighted by Crippen LogP contribution is -2.46. The number of aromatic nitrogens is 2. The molecular weight excluding hydrogens is 461 g/mol. The molecule has 4 N–H and O–H groups in total. The van der Waals surface area contributed by atoms with E-state index >= 15 is 0 Å². The second-order valence-corrected chi connectivity index (χ2v) is 8.86. The predicted molar refractivity (Wildman–Crippen MR) is 126 cm³/mol. The second-order valence-electron chi connectivity index (χ2n) is 8.45. The lowest BCUT2D eigenvalue weighted by Gasteiger charge is -2.21. The van der Waals surface area contributed by atoms with Crippen molar-refractivity contribution in [2.24, 2.45) is 11.7 Å². The molecule has 1 heterocycles. The Kier molecular flexibility index (Phi) is 7.23. The topological polar surface area (TPSA) is 119 Å². The predicted octanol–water partition coefficient (Wildman–Crippen LogP) is 2.74. The zero-order chi connectivity index (χ0) is 24.2. The third-order valence-electron chi connectivity index (χ3n) is 5.96. The monoisotopic (exact) mass is 485 g/mol. The number of amides is 2. The molecule has 8 nitrogen and oxygen atoms in total. The van der Waals surface area contributed by atoms with Crippen LogP contribution in [0.2, 0.25) is 5.02 Å². The zero-order valence-corrected chi connectivity index (χ0v) is 19.1. The van der Waals surface area contributed by atoms with Crippen LogP contribution in [0.3, 0.4) is 0 Å². The molecule has 1 unspecified atom stereocenters. The summed E-state index contributed by atoms with van der Waals surface area (Å²) in [5.74, 6) is -1.12. The molecular formula is C24H25ClFN5O3. The first-order valence-corrected chi connectivity index (χ1v) is 11.4. The maximum atomic E-state index is 14.2. The Morgan fingerprint density at radius 3 is 2.71 bits per heavy atom. The number of rotatable bonds is 11. The first-order valence-electron chi connectivity index (χ1n) is 11.0. The number of nitrogens with one attached hydrogen (secondary N) is 2. The number of hydrogen-bond donors (Lipinski definition) is 3. The molecule has 3 aromatic rings. The van der Waals surface area contributed by atoms with Gasteiger partial charge in [-0.2, -0.15) is 5.10 Å². The summed E-state index contributed by atoms with van der Waals surface area (Å²) in [7, 11) is 0.